The number of benzene rings is 1. The van der Waals surface area contributed by atoms with E-state index in [4.69, 9.17) is 4.74 Å². The van der Waals surface area contributed by atoms with Crippen LogP contribution in [0.15, 0.2) is 18.2 Å². The Kier molecular flexibility index (Phi) is 3.08. The summed E-state index contributed by atoms with van der Waals surface area (Å²) in [7, 11) is 1.55. The highest BCUT2D eigenvalue weighted by atomic mass is 16.5. The van der Waals surface area contributed by atoms with Gasteiger partial charge in [0.05, 0.1) is 7.11 Å². The Labute approximate surface area is 89.3 Å². The molecule has 1 aromatic carbocycles. The lowest BCUT2D eigenvalue weighted by Crippen LogP contribution is -2.42. The average molecular weight is 208 g/mol. The number of rotatable bonds is 2. The van der Waals surface area contributed by atoms with Crippen molar-refractivity contribution in [2.24, 2.45) is 0 Å². The zero-order valence-electron chi connectivity index (χ0n) is 8.79. The Morgan fingerprint density at radius 2 is 2.07 bits per heavy atom. The van der Waals surface area contributed by atoms with Crippen LogP contribution in [0, 0.1) is 0 Å². The Bertz CT molecular complexity index is 335. The largest absolute Gasteiger partial charge is 0.504 e. The fraction of sp³-hybridized carbons (Fsp3) is 0.455. The first kappa shape index (κ1) is 10.3. The van der Waals surface area contributed by atoms with Crippen molar-refractivity contribution >= 4 is 0 Å². The van der Waals surface area contributed by atoms with E-state index in [0.29, 0.717) is 11.7 Å². The molecular weight excluding hydrogens is 192 g/mol. The third kappa shape index (κ3) is 2.22. The molecule has 0 radical (unpaired) electrons. The van der Waals surface area contributed by atoms with Gasteiger partial charge in [-0.25, -0.2) is 0 Å². The molecule has 0 unspecified atom stereocenters. The monoisotopic (exact) mass is 208 g/mol. The molecule has 4 heteroatoms. The molecule has 4 nitrogen and oxygen atoms in total. The van der Waals surface area contributed by atoms with Crippen LogP contribution in [-0.2, 0) is 0 Å². The van der Waals surface area contributed by atoms with Crippen LogP contribution in [0.2, 0.25) is 0 Å². The van der Waals surface area contributed by atoms with Crippen LogP contribution in [0.3, 0.4) is 0 Å². The summed E-state index contributed by atoms with van der Waals surface area (Å²) < 4.78 is 5.01. The SMILES string of the molecule is COc1ccc(C2CNCNC2)cc1O. The second-order valence-electron chi connectivity index (χ2n) is 3.71. The number of aromatic hydroxyl groups is 1. The van der Waals surface area contributed by atoms with Gasteiger partial charge in [0.25, 0.3) is 0 Å². The van der Waals surface area contributed by atoms with E-state index < -0.39 is 0 Å². The van der Waals surface area contributed by atoms with Crippen molar-refractivity contribution in [2.45, 2.75) is 5.92 Å². The number of methoxy groups -OCH3 is 1. The Hall–Kier alpha value is -1.26. The molecule has 82 valence electrons. The minimum Gasteiger partial charge on any atom is -0.504 e. The lowest BCUT2D eigenvalue weighted by Gasteiger charge is -2.24. The number of phenols is 1. The molecular formula is C11H16N2O2. The summed E-state index contributed by atoms with van der Waals surface area (Å²) in [6, 6.07) is 5.58. The van der Waals surface area contributed by atoms with Gasteiger partial charge in [-0.15, -0.1) is 0 Å². The van der Waals surface area contributed by atoms with Crippen LogP contribution in [0.1, 0.15) is 11.5 Å². The van der Waals surface area contributed by atoms with Gasteiger partial charge in [0.15, 0.2) is 11.5 Å². The maximum atomic E-state index is 9.66. The van der Waals surface area contributed by atoms with Crippen molar-refractivity contribution in [1.29, 1.82) is 0 Å². The van der Waals surface area contributed by atoms with Gasteiger partial charge in [-0.05, 0) is 17.7 Å². The molecule has 0 saturated carbocycles. The molecule has 0 aromatic heterocycles. The molecule has 0 aliphatic carbocycles. The van der Waals surface area contributed by atoms with Crippen LogP contribution in [0.4, 0.5) is 0 Å². The van der Waals surface area contributed by atoms with Crippen LogP contribution >= 0.6 is 0 Å². The Morgan fingerprint density at radius 3 is 2.67 bits per heavy atom. The highest BCUT2D eigenvalue weighted by Crippen LogP contribution is 2.29. The second-order valence-corrected chi connectivity index (χ2v) is 3.71. The van der Waals surface area contributed by atoms with E-state index in [1.165, 1.54) is 0 Å². The van der Waals surface area contributed by atoms with Gasteiger partial charge >= 0.3 is 0 Å². The van der Waals surface area contributed by atoms with Crippen molar-refractivity contribution in [2.75, 3.05) is 26.9 Å². The van der Waals surface area contributed by atoms with E-state index >= 15 is 0 Å². The quantitative estimate of drug-likeness (QED) is 0.667. The zero-order chi connectivity index (χ0) is 10.7. The van der Waals surface area contributed by atoms with E-state index in [1.807, 2.05) is 6.07 Å². The third-order valence-electron chi connectivity index (χ3n) is 2.71. The van der Waals surface area contributed by atoms with E-state index in [-0.39, 0.29) is 5.75 Å². The molecule has 1 aliphatic rings. The molecule has 1 aliphatic heterocycles. The van der Waals surface area contributed by atoms with Crippen LogP contribution in [0.25, 0.3) is 0 Å². The van der Waals surface area contributed by atoms with Gasteiger partial charge < -0.3 is 20.5 Å². The van der Waals surface area contributed by atoms with E-state index in [1.54, 1.807) is 19.2 Å². The summed E-state index contributed by atoms with van der Waals surface area (Å²) >= 11 is 0. The molecule has 2 rings (SSSR count). The van der Waals surface area contributed by atoms with Crippen molar-refractivity contribution in [1.82, 2.24) is 10.6 Å². The number of nitrogens with one attached hydrogen (secondary N) is 2. The minimum absolute atomic E-state index is 0.209. The minimum atomic E-state index is 0.209. The van der Waals surface area contributed by atoms with Gasteiger partial charge in [-0.3, -0.25) is 0 Å². The standard InChI is InChI=1S/C11H16N2O2/c1-15-11-3-2-8(4-10(11)14)9-5-12-7-13-6-9/h2-4,9,12-14H,5-7H2,1H3. The zero-order valence-corrected chi connectivity index (χ0v) is 8.79. The van der Waals surface area contributed by atoms with Gasteiger partial charge in [-0.1, -0.05) is 6.07 Å². The summed E-state index contributed by atoms with van der Waals surface area (Å²) in [6.07, 6.45) is 0. The molecule has 0 atom stereocenters. The second kappa shape index (κ2) is 4.51. The fourth-order valence-corrected chi connectivity index (χ4v) is 1.85. The molecule has 15 heavy (non-hydrogen) atoms. The first-order valence-corrected chi connectivity index (χ1v) is 5.09. The lowest BCUT2D eigenvalue weighted by molar-refractivity contribution is 0.371. The van der Waals surface area contributed by atoms with Gasteiger partial charge in [-0.2, -0.15) is 0 Å². The summed E-state index contributed by atoms with van der Waals surface area (Å²) in [5, 5.41) is 16.2. The summed E-state index contributed by atoms with van der Waals surface area (Å²) in [4.78, 5) is 0. The summed E-state index contributed by atoms with van der Waals surface area (Å²) in [6.45, 7) is 2.75. The van der Waals surface area contributed by atoms with Gasteiger partial charge in [0.2, 0.25) is 0 Å². The first-order chi connectivity index (χ1) is 7.31. The smallest absolute Gasteiger partial charge is 0.160 e. The Balaban J connectivity index is 2.17. The summed E-state index contributed by atoms with van der Waals surface area (Å²) in [5.41, 5.74) is 1.13. The van der Waals surface area contributed by atoms with Crippen LogP contribution in [0.5, 0.6) is 11.5 Å². The molecule has 1 aromatic rings. The first-order valence-electron chi connectivity index (χ1n) is 5.09. The molecule has 1 fully saturated rings. The molecule has 3 N–H and O–H groups in total. The van der Waals surface area contributed by atoms with Crippen molar-refractivity contribution < 1.29 is 9.84 Å². The topological polar surface area (TPSA) is 53.5 Å². The summed E-state index contributed by atoms with van der Waals surface area (Å²) in [5.74, 6) is 1.15. The normalized spacial score (nSPS) is 17.7. The fourth-order valence-electron chi connectivity index (χ4n) is 1.85. The van der Waals surface area contributed by atoms with Crippen LogP contribution in [-0.4, -0.2) is 32.0 Å². The predicted molar refractivity (Wildman–Crippen MR) is 58.3 cm³/mol. The molecule has 0 amide bonds. The maximum absolute atomic E-state index is 9.66. The van der Waals surface area contributed by atoms with E-state index in [2.05, 4.69) is 10.6 Å². The highest BCUT2D eigenvalue weighted by molar-refractivity contribution is 5.43. The van der Waals surface area contributed by atoms with Gasteiger partial charge in [0, 0.05) is 25.7 Å². The third-order valence-corrected chi connectivity index (χ3v) is 2.71. The molecule has 1 heterocycles. The maximum Gasteiger partial charge on any atom is 0.160 e. The molecule has 0 bridgehead atoms. The number of hydrogen-bond donors (Lipinski definition) is 3. The van der Waals surface area contributed by atoms with Crippen molar-refractivity contribution in [3.05, 3.63) is 23.8 Å². The van der Waals surface area contributed by atoms with E-state index in [9.17, 15) is 5.11 Å². The van der Waals surface area contributed by atoms with Gasteiger partial charge in [0.1, 0.15) is 0 Å². The van der Waals surface area contributed by atoms with E-state index in [0.717, 1.165) is 25.3 Å². The van der Waals surface area contributed by atoms with Crippen LogP contribution < -0.4 is 15.4 Å². The highest BCUT2D eigenvalue weighted by Gasteiger charge is 2.15. The number of hydrogen-bond acceptors (Lipinski definition) is 4. The average Bonchev–Trinajstić information content (AvgIpc) is 2.30. The van der Waals surface area contributed by atoms with Crippen molar-refractivity contribution in [3.63, 3.8) is 0 Å². The lowest BCUT2D eigenvalue weighted by atomic mass is 9.97. The predicted octanol–water partition coefficient (Wildman–Crippen LogP) is 0.635. The Morgan fingerprint density at radius 1 is 1.33 bits per heavy atom. The number of phenolic OH excluding ortho intramolecular Hbond substituents is 1. The van der Waals surface area contributed by atoms with Crippen molar-refractivity contribution in [3.8, 4) is 11.5 Å². The molecule has 0 spiro atoms. The number of ether oxygens (including phenoxy) is 1. The molecule has 1 saturated heterocycles.